The molecule has 0 saturated heterocycles. The van der Waals surface area contributed by atoms with E-state index in [4.69, 9.17) is 5.11 Å². The predicted molar refractivity (Wildman–Crippen MR) is 74.3 cm³/mol. The fourth-order valence-corrected chi connectivity index (χ4v) is 1.75. The Labute approximate surface area is 118 Å². The molecule has 1 aromatic carbocycles. The first-order valence-corrected chi connectivity index (χ1v) is 6.27. The van der Waals surface area contributed by atoms with Gasteiger partial charge in [-0.1, -0.05) is 30.3 Å². The van der Waals surface area contributed by atoms with Crippen LogP contribution >= 0.6 is 0 Å². The quantitative estimate of drug-likeness (QED) is 0.848. The molecule has 1 rings (SSSR count). The van der Waals surface area contributed by atoms with Gasteiger partial charge in [-0.3, -0.25) is 4.79 Å². The number of carbonyl (C=O) groups excluding carboxylic acids is 1. The first kappa shape index (κ1) is 16.0. The summed E-state index contributed by atoms with van der Waals surface area (Å²) in [5.41, 5.74) is 0.714. The monoisotopic (exact) mass is 280 g/mol. The molecular weight excluding hydrogens is 260 g/mol. The number of aliphatic hydroxyl groups excluding tert-OH is 1. The van der Waals surface area contributed by atoms with Crippen molar-refractivity contribution in [2.75, 3.05) is 20.6 Å². The minimum atomic E-state index is -1.16. The zero-order chi connectivity index (χ0) is 15.3. The number of carbonyl (C=O) groups is 2. The van der Waals surface area contributed by atoms with E-state index >= 15 is 0 Å². The maximum atomic E-state index is 11.9. The summed E-state index contributed by atoms with van der Waals surface area (Å²) in [5, 5.41) is 19.0. The third kappa shape index (κ3) is 3.96. The van der Waals surface area contributed by atoms with Crippen molar-refractivity contribution in [2.24, 2.45) is 0 Å². The molecule has 0 aliphatic carbocycles. The summed E-state index contributed by atoms with van der Waals surface area (Å²) in [6, 6.07) is 8.58. The number of amides is 2. The number of hydrogen-bond acceptors (Lipinski definition) is 3. The van der Waals surface area contributed by atoms with Crippen LogP contribution < -0.4 is 0 Å². The van der Waals surface area contributed by atoms with Crippen molar-refractivity contribution in [1.82, 2.24) is 9.80 Å². The summed E-state index contributed by atoms with van der Waals surface area (Å²) in [6.07, 6.45) is -1.98. The lowest BCUT2D eigenvalue weighted by atomic mass is 10.0. The molecule has 0 aliphatic heterocycles. The van der Waals surface area contributed by atoms with E-state index in [0.29, 0.717) is 5.56 Å². The number of aliphatic hydroxyl groups is 1. The smallest absolute Gasteiger partial charge is 0.407 e. The van der Waals surface area contributed by atoms with Crippen molar-refractivity contribution in [3.8, 4) is 0 Å². The highest BCUT2D eigenvalue weighted by Crippen LogP contribution is 2.19. The average molecular weight is 280 g/mol. The lowest BCUT2D eigenvalue weighted by Crippen LogP contribution is -2.44. The van der Waals surface area contributed by atoms with E-state index in [-0.39, 0.29) is 12.5 Å². The van der Waals surface area contributed by atoms with Crippen molar-refractivity contribution in [3.63, 3.8) is 0 Å². The van der Waals surface area contributed by atoms with Gasteiger partial charge in [0.1, 0.15) is 6.54 Å². The van der Waals surface area contributed by atoms with E-state index in [1.165, 1.54) is 11.9 Å². The minimum absolute atomic E-state index is 0.238. The minimum Gasteiger partial charge on any atom is -0.465 e. The molecule has 0 spiro atoms. The van der Waals surface area contributed by atoms with E-state index < -0.39 is 18.2 Å². The molecular formula is C14H20N2O4. The fraction of sp³-hybridized carbons (Fsp3) is 0.429. The number of nitrogens with zero attached hydrogens (tertiary/aromatic N) is 2. The Morgan fingerprint density at radius 3 is 2.25 bits per heavy atom. The van der Waals surface area contributed by atoms with Gasteiger partial charge in [-0.05, 0) is 12.5 Å². The Morgan fingerprint density at radius 1 is 1.20 bits per heavy atom. The predicted octanol–water partition coefficient (Wildman–Crippen LogP) is 1.18. The summed E-state index contributed by atoms with van der Waals surface area (Å²) in [5.74, 6) is -0.364. The second kappa shape index (κ2) is 6.91. The van der Waals surface area contributed by atoms with Crippen LogP contribution in [0.4, 0.5) is 4.79 Å². The lowest BCUT2D eigenvalue weighted by Gasteiger charge is -2.30. The molecule has 2 amide bonds. The van der Waals surface area contributed by atoms with Crippen LogP contribution in [0.15, 0.2) is 30.3 Å². The fourth-order valence-electron chi connectivity index (χ4n) is 1.75. The average Bonchev–Trinajstić information content (AvgIpc) is 2.45. The van der Waals surface area contributed by atoms with E-state index in [0.717, 1.165) is 4.90 Å². The first-order chi connectivity index (χ1) is 9.34. The van der Waals surface area contributed by atoms with Gasteiger partial charge in [0.05, 0.1) is 12.1 Å². The van der Waals surface area contributed by atoms with Crippen LogP contribution in [0.2, 0.25) is 0 Å². The number of benzene rings is 1. The number of likely N-dealkylation sites (N-methyl/N-ethyl adjacent to an activating group) is 2. The molecule has 6 nitrogen and oxygen atoms in total. The van der Waals surface area contributed by atoms with Crippen molar-refractivity contribution in [3.05, 3.63) is 35.9 Å². The second-order valence-electron chi connectivity index (χ2n) is 4.74. The normalized spacial score (nSPS) is 13.4. The molecule has 1 aromatic rings. The maximum absolute atomic E-state index is 11.9. The summed E-state index contributed by atoms with van der Waals surface area (Å²) >= 11 is 0. The molecule has 0 radical (unpaired) electrons. The summed E-state index contributed by atoms with van der Waals surface area (Å²) < 4.78 is 0. The molecule has 0 aromatic heterocycles. The molecule has 0 unspecified atom stereocenters. The van der Waals surface area contributed by atoms with E-state index in [1.807, 2.05) is 18.2 Å². The molecule has 0 bridgehead atoms. The summed E-state index contributed by atoms with van der Waals surface area (Å²) in [4.78, 5) is 24.9. The molecule has 2 atom stereocenters. The number of rotatable bonds is 5. The molecule has 0 aliphatic rings. The van der Waals surface area contributed by atoms with Crippen LogP contribution in [0.1, 0.15) is 18.6 Å². The van der Waals surface area contributed by atoms with Gasteiger partial charge in [-0.2, -0.15) is 0 Å². The van der Waals surface area contributed by atoms with Crippen LogP contribution in [0, 0.1) is 0 Å². The van der Waals surface area contributed by atoms with Crippen molar-refractivity contribution < 1.29 is 19.8 Å². The van der Waals surface area contributed by atoms with Gasteiger partial charge in [-0.25, -0.2) is 4.79 Å². The number of hydrogen-bond donors (Lipinski definition) is 2. The molecule has 0 heterocycles. The Hall–Kier alpha value is -2.08. The Balaban J connectivity index is 2.69. The second-order valence-corrected chi connectivity index (χ2v) is 4.74. The third-order valence-electron chi connectivity index (χ3n) is 3.30. The van der Waals surface area contributed by atoms with Gasteiger partial charge in [-0.15, -0.1) is 0 Å². The molecule has 110 valence electrons. The molecule has 0 saturated carbocycles. The SMILES string of the molecule is C[C@H]([C@H](O)c1ccccc1)N(C)C(=O)CN(C)C(=O)O. The van der Waals surface area contributed by atoms with Crippen LogP contribution in [0.25, 0.3) is 0 Å². The van der Waals surface area contributed by atoms with E-state index in [9.17, 15) is 14.7 Å². The van der Waals surface area contributed by atoms with Gasteiger partial charge in [0.2, 0.25) is 5.91 Å². The largest absolute Gasteiger partial charge is 0.465 e. The zero-order valence-electron chi connectivity index (χ0n) is 11.9. The van der Waals surface area contributed by atoms with Gasteiger partial charge in [0.25, 0.3) is 0 Å². The van der Waals surface area contributed by atoms with Crippen LogP contribution in [-0.2, 0) is 4.79 Å². The zero-order valence-corrected chi connectivity index (χ0v) is 11.9. The lowest BCUT2D eigenvalue weighted by molar-refractivity contribution is -0.134. The van der Waals surface area contributed by atoms with Crippen molar-refractivity contribution in [1.29, 1.82) is 0 Å². The highest BCUT2D eigenvalue weighted by atomic mass is 16.4. The maximum Gasteiger partial charge on any atom is 0.407 e. The highest BCUT2D eigenvalue weighted by Gasteiger charge is 2.25. The van der Waals surface area contributed by atoms with Gasteiger partial charge < -0.3 is 20.0 Å². The first-order valence-electron chi connectivity index (χ1n) is 6.27. The third-order valence-corrected chi connectivity index (χ3v) is 3.30. The Bertz CT molecular complexity index is 464. The molecule has 6 heteroatoms. The van der Waals surface area contributed by atoms with Crippen LogP contribution in [0.3, 0.4) is 0 Å². The van der Waals surface area contributed by atoms with Gasteiger partial charge in [0.15, 0.2) is 0 Å². The van der Waals surface area contributed by atoms with Gasteiger partial charge in [0, 0.05) is 14.1 Å². The molecule has 0 fully saturated rings. The van der Waals surface area contributed by atoms with E-state index in [1.54, 1.807) is 26.1 Å². The van der Waals surface area contributed by atoms with Crippen molar-refractivity contribution in [2.45, 2.75) is 19.1 Å². The topological polar surface area (TPSA) is 81.1 Å². The molecule has 2 N–H and O–H groups in total. The van der Waals surface area contributed by atoms with Crippen LogP contribution in [-0.4, -0.2) is 58.7 Å². The van der Waals surface area contributed by atoms with Crippen LogP contribution in [0.5, 0.6) is 0 Å². The standard InChI is InChI=1S/C14H20N2O4/c1-10(13(18)11-7-5-4-6-8-11)16(3)12(17)9-15(2)14(19)20/h4-8,10,13,18H,9H2,1-3H3,(H,19,20)/t10-,13+/m1/s1. The van der Waals surface area contributed by atoms with Gasteiger partial charge >= 0.3 is 6.09 Å². The highest BCUT2D eigenvalue weighted by molar-refractivity contribution is 5.81. The summed E-state index contributed by atoms with van der Waals surface area (Å²) in [7, 11) is 2.88. The Kier molecular flexibility index (Phi) is 5.52. The summed E-state index contributed by atoms with van der Waals surface area (Å²) in [6.45, 7) is 1.48. The van der Waals surface area contributed by atoms with E-state index in [2.05, 4.69) is 0 Å². The Morgan fingerprint density at radius 2 is 1.75 bits per heavy atom. The number of carboxylic acid groups (broad SMARTS) is 1. The molecule has 20 heavy (non-hydrogen) atoms. The van der Waals surface area contributed by atoms with Crippen molar-refractivity contribution >= 4 is 12.0 Å².